The Bertz CT molecular complexity index is 254. The zero-order valence-corrected chi connectivity index (χ0v) is 11.9. The molecule has 0 spiro atoms. The molecule has 0 aromatic carbocycles. The SMILES string of the molecule is C#CC(CC)N1CC(CCC)NCC1C(C)C. The Morgan fingerprint density at radius 3 is 2.59 bits per heavy atom. The van der Waals surface area contributed by atoms with Crippen molar-refractivity contribution in [3.63, 3.8) is 0 Å². The monoisotopic (exact) mass is 236 g/mol. The molecule has 98 valence electrons. The van der Waals surface area contributed by atoms with E-state index in [0.717, 1.165) is 19.5 Å². The molecule has 17 heavy (non-hydrogen) atoms. The molecule has 0 aromatic rings. The molecule has 2 heteroatoms. The van der Waals surface area contributed by atoms with Gasteiger partial charge < -0.3 is 5.32 Å². The molecule has 0 radical (unpaired) electrons. The van der Waals surface area contributed by atoms with Crippen LogP contribution in [0.4, 0.5) is 0 Å². The summed E-state index contributed by atoms with van der Waals surface area (Å²) in [5, 5.41) is 3.67. The van der Waals surface area contributed by atoms with Crippen molar-refractivity contribution >= 4 is 0 Å². The summed E-state index contributed by atoms with van der Waals surface area (Å²) in [6.07, 6.45) is 9.23. The molecule has 0 aromatic heterocycles. The van der Waals surface area contributed by atoms with E-state index < -0.39 is 0 Å². The topological polar surface area (TPSA) is 15.3 Å². The number of piperazine rings is 1. The van der Waals surface area contributed by atoms with Crippen molar-refractivity contribution in [2.45, 2.75) is 65.1 Å². The Labute approximate surface area is 107 Å². The maximum atomic E-state index is 5.68. The van der Waals surface area contributed by atoms with Gasteiger partial charge in [-0.05, 0) is 18.8 Å². The number of hydrogen-bond donors (Lipinski definition) is 1. The zero-order valence-electron chi connectivity index (χ0n) is 11.9. The number of nitrogens with one attached hydrogen (secondary N) is 1. The molecule has 0 amide bonds. The molecule has 3 atom stereocenters. The van der Waals surface area contributed by atoms with E-state index >= 15 is 0 Å². The minimum Gasteiger partial charge on any atom is -0.311 e. The van der Waals surface area contributed by atoms with Gasteiger partial charge in [0, 0.05) is 25.2 Å². The fourth-order valence-electron chi connectivity index (χ4n) is 2.83. The Morgan fingerprint density at radius 1 is 1.41 bits per heavy atom. The summed E-state index contributed by atoms with van der Waals surface area (Å²) in [6, 6.07) is 1.52. The molecule has 1 saturated heterocycles. The number of nitrogens with zero attached hydrogens (tertiary/aromatic N) is 1. The molecular formula is C15H28N2. The molecule has 0 aliphatic carbocycles. The van der Waals surface area contributed by atoms with Crippen molar-refractivity contribution in [2.75, 3.05) is 13.1 Å². The van der Waals surface area contributed by atoms with E-state index in [-0.39, 0.29) is 0 Å². The summed E-state index contributed by atoms with van der Waals surface area (Å²) in [6.45, 7) is 11.2. The molecule has 3 unspecified atom stereocenters. The Morgan fingerprint density at radius 2 is 2.12 bits per heavy atom. The van der Waals surface area contributed by atoms with Crippen LogP contribution in [-0.2, 0) is 0 Å². The predicted molar refractivity (Wildman–Crippen MR) is 74.9 cm³/mol. The molecule has 1 aliphatic heterocycles. The highest BCUT2D eigenvalue weighted by molar-refractivity contribution is 5.03. The van der Waals surface area contributed by atoms with Gasteiger partial charge in [-0.2, -0.15) is 0 Å². The standard InChI is InChI=1S/C15H28N2/c1-6-9-13-11-17(14(7-2)8-3)15(10-16-13)12(4)5/h2,12-16H,6,8-11H2,1,3-5H3. The minimum absolute atomic E-state index is 0.309. The largest absolute Gasteiger partial charge is 0.311 e. The molecule has 1 fully saturated rings. The highest BCUT2D eigenvalue weighted by atomic mass is 15.3. The molecule has 1 rings (SSSR count). The minimum atomic E-state index is 0.309. The summed E-state index contributed by atoms with van der Waals surface area (Å²) >= 11 is 0. The van der Waals surface area contributed by atoms with Crippen molar-refractivity contribution in [1.82, 2.24) is 10.2 Å². The quantitative estimate of drug-likeness (QED) is 0.738. The number of terminal acetylenes is 1. The van der Waals surface area contributed by atoms with Crippen LogP contribution in [0.15, 0.2) is 0 Å². The maximum absolute atomic E-state index is 5.68. The van der Waals surface area contributed by atoms with Crippen LogP contribution in [0.3, 0.4) is 0 Å². The van der Waals surface area contributed by atoms with Gasteiger partial charge in [0.2, 0.25) is 0 Å². The van der Waals surface area contributed by atoms with Gasteiger partial charge in [-0.15, -0.1) is 6.42 Å². The molecule has 0 saturated carbocycles. The second-order valence-electron chi connectivity index (χ2n) is 5.49. The maximum Gasteiger partial charge on any atom is 0.0712 e. The molecule has 1 heterocycles. The van der Waals surface area contributed by atoms with E-state index in [1.807, 2.05) is 0 Å². The van der Waals surface area contributed by atoms with E-state index in [1.165, 1.54) is 12.8 Å². The van der Waals surface area contributed by atoms with Crippen LogP contribution < -0.4 is 5.32 Å². The van der Waals surface area contributed by atoms with Gasteiger partial charge in [-0.3, -0.25) is 4.90 Å². The molecule has 0 bridgehead atoms. The Kier molecular flexibility index (Phi) is 6.02. The third-order valence-corrected chi connectivity index (χ3v) is 3.86. The van der Waals surface area contributed by atoms with Gasteiger partial charge in [-0.1, -0.05) is 40.0 Å². The highest BCUT2D eigenvalue weighted by Crippen LogP contribution is 2.20. The normalized spacial score (nSPS) is 28.0. The molecular weight excluding hydrogens is 208 g/mol. The summed E-state index contributed by atoms with van der Waals surface area (Å²) < 4.78 is 0. The average molecular weight is 236 g/mol. The van der Waals surface area contributed by atoms with Crippen LogP contribution in [0.25, 0.3) is 0 Å². The second kappa shape index (κ2) is 7.03. The van der Waals surface area contributed by atoms with Crippen molar-refractivity contribution in [1.29, 1.82) is 0 Å². The van der Waals surface area contributed by atoms with Crippen LogP contribution in [0.2, 0.25) is 0 Å². The van der Waals surface area contributed by atoms with Gasteiger partial charge >= 0.3 is 0 Å². The fourth-order valence-corrected chi connectivity index (χ4v) is 2.83. The average Bonchev–Trinajstić information content (AvgIpc) is 2.31. The summed E-state index contributed by atoms with van der Waals surface area (Å²) in [7, 11) is 0. The van der Waals surface area contributed by atoms with E-state index in [4.69, 9.17) is 6.42 Å². The first-order valence-electron chi connectivity index (χ1n) is 7.09. The first kappa shape index (κ1) is 14.5. The Balaban J connectivity index is 2.72. The number of hydrogen-bond acceptors (Lipinski definition) is 2. The van der Waals surface area contributed by atoms with E-state index in [0.29, 0.717) is 24.0 Å². The first-order valence-corrected chi connectivity index (χ1v) is 7.09. The van der Waals surface area contributed by atoms with Gasteiger partial charge in [0.15, 0.2) is 0 Å². The lowest BCUT2D eigenvalue weighted by Crippen LogP contribution is -2.60. The Hall–Kier alpha value is -0.520. The lowest BCUT2D eigenvalue weighted by Gasteiger charge is -2.45. The van der Waals surface area contributed by atoms with Crippen LogP contribution in [0.5, 0.6) is 0 Å². The van der Waals surface area contributed by atoms with Gasteiger partial charge in [0.05, 0.1) is 6.04 Å². The van der Waals surface area contributed by atoms with Gasteiger partial charge in [-0.25, -0.2) is 0 Å². The van der Waals surface area contributed by atoms with Crippen molar-refractivity contribution < 1.29 is 0 Å². The third kappa shape index (κ3) is 3.72. The third-order valence-electron chi connectivity index (χ3n) is 3.86. The van der Waals surface area contributed by atoms with Gasteiger partial charge in [0.25, 0.3) is 0 Å². The summed E-state index contributed by atoms with van der Waals surface area (Å²) in [5.74, 6) is 3.63. The molecule has 1 aliphatic rings. The second-order valence-corrected chi connectivity index (χ2v) is 5.49. The fraction of sp³-hybridized carbons (Fsp3) is 0.867. The van der Waals surface area contributed by atoms with Gasteiger partial charge in [0.1, 0.15) is 0 Å². The lowest BCUT2D eigenvalue weighted by atomic mass is 9.94. The van der Waals surface area contributed by atoms with Crippen LogP contribution in [-0.4, -0.2) is 36.1 Å². The summed E-state index contributed by atoms with van der Waals surface area (Å²) in [4.78, 5) is 2.56. The van der Waals surface area contributed by atoms with E-state index in [1.54, 1.807) is 0 Å². The van der Waals surface area contributed by atoms with Crippen LogP contribution in [0, 0.1) is 18.3 Å². The lowest BCUT2D eigenvalue weighted by molar-refractivity contribution is 0.0726. The van der Waals surface area contributed by atoms with E-state index in [2.05, 4.69) is 43.8 Å². The summed E-state index contributed by atoms with van der Waals surface area (Å²) in [5.41, 5.74) is 0. The number of rotatable bonds is 5. The van der Waals surface area contributed by atoms with Crippen molar-refractivity contribution in [2.24, 2.45) is 5.92 Å². The highest BCUT2D eigenvalue weighted by Gasteiger charge is 2.32. The zero-order chi connectivity index (χ0) is 12.8. The first-order chi connectivity index (χ1) is 8.13. The van der Waals surface area contributed by atoms with Crippen LogP contribution in [0.1, 0.15) is 47.0 Å². The smallest absolute Gasteiger partial charge is 0.0712 e. The van der Waals surface area contributed by atoms with E-state index in [9.17, 15) is 0 Å². The predicted octanol–water partition coefficient (Wildman–Crippen LogP) is 2.50. The van der Waals surface area contributed by atoms with Crippen molar-refractivity contribution in [3.05, 3.63) is 0 Å². The molecule has 2 nitrogen and oxygen atoms in total. The molecule has 1 N–H and O–H groups in total. The van der Waals surface area contributed by atoms with Crippen LogP contribution >= 0.6 is 0 Å². The van der Waals surface area contributed by atoms with Crippen molar-refractivity contribution in [3.8, 4) is 12.3 Å².